The lowest BCUT2D eigenvalue weighted by atomic mass is 10.1. The maximum Gasteiger partial charge on any atom is 0.418 e. The minimum atomic E-state index is -4.54. The summed E-state index contributed by atoms with van der Waals surface area (Å²) in [6.45, 7) is 0.0207. The fraction of sp³-hybridized carbons (Fsp3) is 0.176. The number of halogens is 4. The van der Waals surface area contributed by atoms with Gasteiger partial charge in [0.25, 0.3) is 0 Å². The Morgan fingerprint density at radius 1 is 1.16 bits per heavy atom. The molecule has 2 aromatic carbocycles. The predicted octanol–water partition coefficient (Wildman–Crippen LogP) is 4.67. The summed E-state index contributed by atoms with van der Waals surface area (Å²) < 4.78 is 38.9. The van der Waals surface area contributed by atoms with Crippen LogP contribution in [0.3, 0.4) is 0 Å². The highest BCUT2D eigenvalue weighted by Crippen LogP contribution is 2.36. The molecule has 2 rings (SSSR count). The van der Waals surface area contributed by atoms with Crippen molar-refractivity contribution < 1.29 is 18.0 Å². The van der Waals surface area contributed by atoms with Crippen LogP contribution in [0.25, 0.3) is 0 Å². The molecule has 0 spiro atoms. The van der Waals surface area contributed by atoms with Gasteiger partial charge in [-0.1, -0.05) is 11.6 Å². The SMILES string of the molecule is N#Cc1ccc(NC(=O)CCNc2ccc(Cl)cc2C(F)(F)F)cc1. The molecule has 25 heavy (non-hydrogen) atoms. The molecule has 0 saturated carbocycles. The lowest BCUT2D eigenvalue weighted by Gasteiger charge is -2.15. The van der Waals surface area contributed by atoms with Gasteiger partial charge in [-0.2, -0.15) is 18.4 Å². The van der Waals surface area contributed by atoms with Crippen molar-refractivity contribution in [1.82, 2.24) is 0 Å². The monoisotopic (exact) mass is 367 g/mol. The highest BCUT2D eigenvalue weighted by atomic mass is 35.5. The molecule has 0 atom stereocenters. The van der Waals surface area contributed by atoms with Crippen LogP contribution in [-0.4, -0.2) is 12.5 Å². The number of alkyl halides is 3. The van der Waals surface area contributed by atoms with E-state index in [2.05, 4.69) is 10.6 Å². The zero-order valence-electron chi connectivity index (χ0n) is 12.8. The summed E-state index contributed by atoms with van der Waals surface area (Å²) in [4.78, 5) is 11.8. The summed E-state index contributed by atoms with van der Waals surface area (Å²) in [6, 6.07) is 11.6. The topological polar surface area (TPSA) is 64.9 Å². The van der Waals surface area contributed by atoms with Crippen molar-refractivity contribution in [2.75, 3.05) is 17.2 Å². The molecular weight excluding hydrogens is 355 g/mol. The third-order valence-electron chi connectivity index (χ3n) is 3.25. The summed E-state index contributed by atoms with van der Waals surface area (Å²) in [5, 5.41) is 13.9. The molecule has 4 nitrogen and oxygen atoms in total. The van der Waals surface area contributed by atoms with Crippen LogP contribution in [0.5, 0.6) is 0 Å². The van der Waals surface area contributed by atoms with Crippen molar-refractivity contribution in [1.29, 1.82) is 5.26 Å². The lowest BCUT2D eigenvalue weighted by molar-refractivity contribution is -0.137. The molecule has 0 aliphatic carbocycles. The van der Waals surface area contributed by atoms with E-state index < -0.39 is 11.7 Å². The first-order valence-electron chi connectivity index (χ1n) is 7.20. The number of nitrogens with one attached hydrogen (secondary N) is 2. The van der Waals surface area contributed by atoms with Gasteiger partial charge in [0, 0.05) is 29.4 Å². The second-order valence-corrected chi connectivity index (χ2v) is 5.54. The van der Waals surface area contributed by atoms with Crippen molar-refractivity contribution in [3.8, 4) is 6.07 Å². The first-order chi connectivity index (χ1) is 11.8. The maximum atomic E-state index is 13.0. The Bertz CT molecular complexity index is 798. The predicted molar refractivity (Wildman–Crippen MR) is 89.3 cm³/mol. The third-order valence-corrected chi connectivity index (χ3v) is 3.49. The lowest BCUT2D eigenvalue weighted by Crippen LogP contribution is -2.18. The van der Waals surface area contributed by atoms with Gasteiger partial charge in [0.2, 0.25) is 5.91 Å². The van der Waals surface area contributed by atoms with Gasteiger partial charge in [-0.3, -0.25) is 4.79 Å². The largest absolute Gasteiger partial charge is 0.418 e. The zero-order valence-corrected chi connectivity index (χ0v) is 13.6. The third kappa shape index (κ3) is 5.40. The van der Waals surface area contributed by atoms with E-state index in [9.17, 15) is 18.0 Å². The number of nitrogens with zero attached hydrogens (tertiary/aromatic N) is 1. The molecule has 130 valence electrons. The van der Waals surface area contributed by atoms with Crippen LogP contribution < -0.4 is 10.6 Å². The van der Waals surface area contributed by atoms with E-state index >= 15 is 0 Å². The number of hydrogen-bond donors (Lipinski definition) is 2. The highest BCUT2D eigenvalue weighted by Gasteiger charge is 2.33. The summed E-state index contributed by atoms with van der Waals surface area (Å²) in [5.41, 5.74) is -0.0517. The first-order valence-corrected chi connectivity index (χ1v) is 7.58. The van der Waals surface area contributed by atoms with Crippen LogP contribution in [0.1, 0.15) is 17.5 Å². The van der Waals surface area contributed by atoms with Crippen LogP contribution in [0.15, 0.2) is 42.5 Å². The molecule has 8 heteroatoms. The van der Waals surface area contributed by atoms with Crippen molar-refractivity contribution >= 4 is 28.9 Å². The van der Waals surface area contributed by atoms with Crippen LogP contribution in [0.2, 0.25) is 5.02 Å². The van der Waals surface area contributed by atoms with Crippen molar-refractivity contribution in [2.24, 2.45) is 0 Å². The molecular formula is C17H13ClF3N3O. The summed E-state index contributed by atoms with van der Waals surface area (Å²) in [7, 11) is 0. The number of benzene rings is 2. The number of amides is 1. The Labute approximate surface area is 147 Å². The minimum absolute atomic E-state index is 0.0172. The van der Waals surface area contributed by atoms with E-state index in [0.717, 1.165) is 6.07 Å². The number of rotatable bonds is 5. The van der Waals surface area contributed by atoms with Gasteiger partial charge in [0.05, 0.1) is 17.2 Å². The fourth-order valence-electron chi connectivity index (χ4n) is 2.07. The maximum absolute atomic E-state index is 13.0. The minimum Gasteiger partial charge on any atom is -0.384 e. The van der Waals surface area contributed by atoms with E-state index in [1.807, 2.05) is 6.07 Å². The molecule has 2 aromatic rings. The van der Waals surface area contributed by atoms with Crippen molar-refractivity contribution in [3.05, 3.63) is 58.6 Å². The Hall–Kier alpha value is -2.72. The standard InChI is InChI=1S/C17H13ClF3N3O/c18-12-3-6-15(14(9-12)17(19,20)21)23-8-7-16(25)24-13-4-1-11(10-22)2-5-13/h1-6,9,23H,7-8H2,(H,24,25). The van der Waals surface area contributed by atoms with E-state index in [1.165, 1.54) is 12.1 Å². The first kappa shape index (κ1) is 18.6. The quantitative estimate of drug-likeness (QED) is 0.807. The average molecular weight is 368 g/mol. The van der Waals surface area contributed by atoms with Crippen LogP contribution in [0.4, 0.5) is 24.5 Å². The van der Waals surface area contributed by atoms with Gasteiger partial charge in [-0.05, 0) is 42.5 Å². The molecule has 0 unspecified atom stereocenters. The number of carbonyl (C=O) groups excluding carboxylic acids is 1. The number of anilines is 2. The van der Waals surface area contributed by atoms with Crippen molar-refractivity contribution in [2.45, 2.75) is 12.6 Å². The summed E-state index contributed by atoms with van der Waals surface area (Å²) >= 11 is 5.61. The second-order valence-electron chi connectivity index (χ2n) is 5.10. The van der Waals surface area contributed by atoms with Gasteiger partial charge in [-0.25, -0.2) is 0 Å². The molecule has 2 N–H and O–H groups in total. The smallest absolute Gasteiger partial charge is 0.384 e. The Morgan fingerprint density at radius 2 is 1.84 bits per heavy atom. The Balaban J connectivity index is 1.92. The second kappa shape index (κ2) is 7.90. The average Bonchev–Trinajstić information content (AvgIpc) is 2.56. The van der Waals surface area contributed by atoms with Gasteiger partial charge < -0.3 is 10.6 Å². The van der Waals surface area contributed by atoms with Crippen LogP contribution >= 0.6 is 11.6 Å². The van der Waals surface area contributed by atoms with E-state index in [4.69, 9.17) is 16.9 Å². The molecule has 1 amide bonds. The summed E-state index contributed by atoms with van der Waals surface area (Å²) in [6.07, 6.45) is -4.57. The molecule has 0 aromatic heterocycles. The van der Waals surface area contributed by atoms with Gasteiger partial charge >= 0.3 is 6.18 Å². The molecule has 0 radical (unpaired) electrons. The number of nitriles is 1. The van der Waals surface area contributed by atoms with Crippen molar-refractivity contribution in [3.63, 3.8) is 0 Å². The Kier molecular flexibility index (Phi) is 5.88. The van der Waals surface area contributed by atoms with E-state index in [0.29, 0.717) is 11.3 Å². The summed E-state index contributed by atoms with van der Waals surface area (Å²) in [5.74, 6) is -0.361. The van der Waals surface area contributed by atoms with Gasteiger partial charge in [0.15, 0.2) is 0 Å². The molecule has 0 aliphatic heterocycles. The molecule has 0 bridgehead atoms. The van der Waals surface area contributed by atoms with E-state index in [-0.39, 0.29) is 29.6 Å². The number of hydrogen-bond acceptors (Lipinski definition) is 3. The van der Waals surface area contributed by atoms with Gasteiger partial charge in [-0.15, -0.1) is 0 Å². The van der Waals surface area contributed by atoms with Gasteiger partial charge in [0.1, 0.15) is 0 Å². The Morgan fingerprint density at radius 3 is 2.44 bits per heavy atom. The number of carbonyl (C=O) groups is 1. The highest BCUT2D eigenvalue weighted by molar-refractivity contribution is 6.30. The molecule has 0 heterocycles. The molecule has 0 fully saturated rings. The van der Waals surface area contributed by atoms with E-state index in [1.54, 1.807) is 24.3 Å². The molecule has 0 saturated heterocycles. The normalized spacial score (nSPS) is 10.8. The fourth-order valence-corrected chi connectivity index (χ4v) is 2.24. The van der Waals surface area contributed by atoms with Crippen LogP contribution in [-0.2, 0) is 11.0 Å². The molecule has 0 aliphatic rings. The van der Waals surface area contributed by atoms with Crippen LogP contribution in [0, 0.1) is 11.3 Å². The zero-order chi connectivity index (χ0) is 18.4.